The maximum Gasteiger partial charge on any atom is 0.335 e. The number of carbonyl (C=O) groups is 1. The van der Waals surface area contributed by atoms with Crippen molar-refractivity contribution in [2.45, 2.75) is 52.5 Å². The molecule has 0 radical (unpaired) electrons. The van der Waals surface area contributed by atoms with E-state index in [0.29, 0.717) is 5.82 Å². The van der Waals surface area contributed by atoms with E-state index < -0.39 is 5.97 Å². The van der Waals surface area contributed by atoms with Crippen molar-refractivity contribution >= 4 is 23.5 Å². The van der Waals surface area contributed by atoms with Crippen molar-refractivity contribution < 1.29 is 9.90 Å². The van der Waals surface area contributed by atoms with Crippen LogP contribution in [0.1, 0.15) is 57.1 Å². The lowest BCUT2D eigenvalue weighted by Crippen LogP contribution is -2.20. The molecule has 5 heteroatoms. The largest absolute Gasteiger partial charge is 0.478 e. The number of carboxylic acids is 1. The Kier molecular flexibility index (Phi) is 6.52. The first-order valence-corrected chi connectivity index (χ1v) is 8.49. The minimum absolute atomic E-state index is 0.177. The van der Waals surface area contributed by atoms with E-state index in [9.17, 15) is 9.90 Å². The molecule has 4 nitrogen and oxygen atoms in total. The normalized spacial score (nSPS) is 13.0. The van der Waals surface area contributed by atoms with Crippen LogP contribution in [0.25, 0.3) is 0 Å². The topological polar surface area (TPSA) is 62.2 Å². The number of hydrogen-bond donors (Lipinski definition) is 2. The lowest BCUT2D eigenvalue weighted by Gasteiger charge is -2.21. The number of aromatic nitrogens is 1. The van der Waals surface area contributed by atoms with Gasteiger partial charge in [0.1, 0.15) is 5.82 Å². The van der Waals surface area contributed by atoms with Gasteiger partial charge in [-0.05, 0) is 37.0 Å². The molecular weight excluding hydrogens is 284 g/mol. The SMILES string of the molecule is CCSCCC(C)Nc1cc(C(=O)O)cc(C(C)(C)C)n1. The minimum atomic E-state index is -0.917. The zero-order valence-electron chi connectivity index (χ0n) is 13.6. The second-order valence-corrected chi connectivity index (χ2v) is 7.61. The van der Waals surface area contributed by atoms with E-state index in [2.05, 4.69) is 24.1 Å². The number of nitrogens with one attached hydrogen (secondary N) is 1. The van der Waals surface area contributed by atoms with Gasteiger partial charge in [-0.2, -0.15) is 11.8 Å². The third-order valence-corrected chi connectivity index (χ3v) is 4.07. The molecule has 1 atom stereocenters. The van der Waals surface area contributed by atoms with E-state index in [1.807, 2.05) is 32.5 Å². The standard InChI is InChI=1S/C16H26N2O2S/c1-6-21-8-7-11(2)17-14-10-12(15(19)20)9-13(18-14)16(3,4)5/h9-11H,6-8H2,1-5H3,(H,17,18)(H,19,20). The summed E-state index contributed by atoms with van der Waals surface area (Å²) in [4.78, 5) is 15.8. The summed E-state index contributed by atoms with van der Waals surface area (Å²) in [6.07, 6.45) is 1.03. The van der Waals surface area contributed by atoms with E-state index >= 15 is 0 Å². The zero-order chi connectivity index (χ0) is 16.0. The molecule has 1 heterocycles. The maximum atomic E-state index is 11.3. The van der Waals surface area contributed by atoms with Crippen molar-refractivity contribution in [1.29, 1.82) is 0 Å². The molecule has 0 bridgehead atoms. The van der Waals surface area contributed by atoms with Gasteiger partial charge in [0.05, 0.1) is 5.56 Å². The van der Waals surface area contributed by atoms with Crippen LogP contribution in [-0.4, -0.2) is 33.6 Å². The Balaban J connectivity index is 2.90. The number of anilines is 1. The predicted octanol–water partition coefficient (Wildman–Crippen LogP) is 4.02. The molecule has 0 fully saturated rings. The summed E-state index contributed by atoms with van der Waals surface area (Å²) in [7, 11) is 0. The molecule has 1 unspecified atom stereocenters. The molecule has 1 aromatic heterocycles. The van der Waals surface area contributed by atoms with Gasteiger partial charge in [-0.3, -0.25) is 0 Å². The van der Waals surface area contributed by atoms with Crippen molar-refractivity contribution in [3.8, 4) is 0 Å². The van der Waals surface area contributed by atoms with Crippen LogP contribution in [-0.2, 0) is 5.41 Å². The summed E-state index contributed by atoms with van der Waals surface area (Å²) in [6, 6.07) is 3.54. The third-order valence-electron chi connectivity index (χ3n) is 3.13. The summed E-state index contributed by atoms with van der Waals surface area (Å²) in [5.74, 6) is 1.94. The average molecular weight is 310 g/mol. The van der Waals surface area contributed by atoms with Gasteiger partial charge < -0.3 is 10.4 Å². The van der Waals surface area contributed by atoms with E-state index in [1.165, 1.54) is 0 Å². The second-order valence-electron chi connectivity index (χ2n) is 6.21. The van der Waals surface area contributed by atoms with E-state index in [4.69, 9.17) is 0 Å². The highest BCUT2D eigenvalue weighted by atomic mass is 32.2. The molecular formula is C16H26N2O2S. The highest BCUT2D eigenvalue weighted by molar-refractivity contribution is 7.99. The molecule has 0 saturated carbocycles. The van der Waals surface area contributed by atoms with E-state index in [-0.39, 0.29) is 17.0 Å². The molecule has 0 saturated heterocycles. The fourth-order valence-electron chi connectivity index (χ4n) is 1.84. The summed E-state index contributed by atoms with van der Waals surface area (Å²) in [6.45, 7) is 10.3. The first kappa shape index (κ1) is 17.8. The Morgan fingerprint density at radius 1 is 1.43 bits per heavy atom. The van der Waals surface area contributed by atoms with Gasteiger partial charge >= 0.3 is 5.97 Å². The summed E-state index contributed by atoms with van der Waals surface area (Å²) in [5.41, 5.74) is 0.899. The van der Waals surface area contributed by atoms with Gasteiger partial charge in [0.15, 0.2) is 0 Å². The molecule has 118 valence electrons. The monoisotopic (exact) mass is 310 g/mol. The first-order valence-electron chi connectivity index (χ1n) is 7.34. The highest BCUT2D eigenvalue weighted by Gasteiger charge is 2.19. The highest BCUT2D eigenvalue weighted by Crippen LogP contribution is 2.24. The Morgan fingerprint density at radius 3 is 2.62 bits per heavy atom. The maximum absolute atomic E-state index is 11.3. The van der Waals surface area contributed by atoms with Gasteiger partial charge in [0, 0.05) is 17.2 Å². The summed E-state index contributed by atoms with van der Waals surface area (Å²) >= 11 is 1.91. The molecule has 1 rings (SSSR count). The molecule has 0 aromatic carbocycles. The number of pyridine rings is 1. The van der Waals surface area contributed by atoms with Gasteiger partial charge in [-0.25, -0.2) is 9.78 Å². The molecule has 21 heavy (non-hydrogen) atoms. The predicted molar refractivity (Wildman–Crippen MR) is 90.6 cm³/mol. The van der Waals surface area contributed by atoms with E-state index in [1.54, 1.807) is 12.1 Å². The Morgan fingerprint density at radius 2 is 2.10 bits per heavy atom. The van der Waals surface area contributed by atoms with Gasteiger partial charge in [-0.1, -0.05) is 27.7 Å². The number of rotatable bonds is 7. The fourth-order valence-corrected chi connectivity index (χ4v) is 2.65. The summed E-state index contributed by atoms with van der Waals surface area (Å²) < 4.78 is 0. The Labute approximate surface area is 131 Å². The quantitative estimate of drug-likeness (QED) is 0.745. The van der Waals surface area contributed by atoms with Gasteiger partial charge in [-0.15, -0.1) is 0 Å². The van der Waals surface area contributed by atoms with Gasteiger partial charge in [0.25, 0.3) is 0 Å². The van der Waals surface area contributed by atoms with Crippen molar-refractivity contribution in [1.82, 2.24) is 4.98 Å². The Bertz CT molecular complexity index is 484. The van der Waals surface area contributed by atoms with Crippen LogP contribution in [0.5, 0.6) is 0 Å². The van der Waals surface area contributed by atoms with Crippen molar-refractivity contribution in [2.75, 3.05) is 16.8 Å². The zero-order valence-corrected chi connectivity index (χ0v) is 14.4. The van der Waals surface area contributed by atoms with Crippen molar-refractivity contribution in [2.24, 2.45) is 0 Å². The second kappa shape index (κ2) is 7.69. The molecule has 0 aliphatic rings. The number of carboxylic acid groups (broad SMARTS) is 1. The average Bonchev–Trinajstić information content (AvgIpc) is 2.37. The molecule has 0 spiro atoms. The Hall–Kier alpha value is -1.23. The minimum Gasteiger partial charge on any atom is -0.478 e. The number of aromatic carboxylic acids is 1. The van der Waals surface area contributed by atoms with Crippen molar-refractivity contribution in [3.05, 3.63) is 23.4 Å². The number of nitrogens with zero attached hydrogens (tertiary/aromatic N) is 1. The first-order chi connectivity index (χ1) is 9.74. The van der Waals surface area contributed by atoms with Crippen LogP contribution in [0.4, 0.5) is 5.82 Å². The van der Waals surface area contributed by atoms with E-state index in [0.717, 1.165) is 23.6 Å². The molecule has 0 aliphatic carbocycles. The lowest BCUT2D eigenvalue weighted by atomic mass is 9.90. The van der Waals surface area contributed by atoms with Crippen LogP contribution in [0.15, 0.2) is 12.1 Å². The summed E-state index contributed by atoms with van der Waals surface area (Å²) in [5, 5.41) is 12.6. The van der Waals surface area contributed by atoms with Crippen LogP contribution in [0.3, 0.4) is 0 Å². The van der Waals surface area contributed by atoms with Crippen LogP contribution >= 0.6 is 11.8 Å². The third kappa shape index (κ3) is 5.96. The number of hydrogen-bond acceptors (Lipinski definition) is 4. The molecule has 2 N–H and O–H groups in total. The molecule has 0 amide bonds. The number of thioether (sulfide) groups is 1. The molecule has 0 aliphatic heterocycles. The smallest absolute Gasteiger partial charge is 0.335 e. The van der Waals surface area contributed by atoms with Gasteiger partial charge in [0.2, 0.25) is 0 Å². The van der Waals surface area contributed by atoms with Crippen LogP contribution in [0, 0.1) is 0 Å². The molecule has 1 aromatic rings. The fraction of sp³-hybridized carbons (Fsp3) is 0.625. The van der Waals surface area contributed by atoms with Crippen LogP contribution in [0.2, 0.25) is 0 Å². The van der Waals surface area contributed by atoms with Crippen molar-refractivity contribution in [3.63, 3.8) is 0 Å². The lowest BCUT2D eigenvalue weighted by molar-refractivity contribution is 0.0696. The van der Waals surface area contributed by atoms with Crippen LogP contribution < -0.4 is 5.32 Å².